The lowest BCUT2D eigenvalue weighted by atomic mass is 10.1. The van der Waals surface area contributed by atoms with E-state index < -0.39 is 0 Å². The highest BCUT2D eigenvalue weighted by molar-refractivity contribution is 5.91. The van der Waals surface area contributed by atoms with E-state index in [1.807, 2.05) is 0 Å². The van der Waals surface area contributed by atoms with Crippen LogP contribution in [0.5, 0.6) is 0 Å². The van der Waals surface area contributed by atoms with Crippen molar-refractivity contribution in [2.24, 2.45) is 0 Å². The van der Waals surface area contributed by atoms with E-state index in [0.717, 1.165) is 0 Å². The number of furan rings is 1. The second kappa shape index (κ2) is 6.64. The van der Waals surface area contributed by atoms with Gasteiger partial charge in [0.05, 0.1) is 12.7 Å². The third-order valence-electron chi connectivity index (χ3n) is 3.95. The van der Waals surface area contributed by atoms with Gasteiger partial charge in [0.25, 0.3) is 5.91 Å². The molecular weight excluding hydrogens is 299 g/mol. The summed E-state index contributed by atoms with van der Waals surface area (Å²) in [4.78, 5) is 27.7. The van der Waals surface area contributed by atoms with Crippen LogP contribution in [0.4, 0.5) is 4.39 Å². The van der Waals surface area contributed by atoms with Crippen molar-refractivity contribution in [3.05, 3.63) is 59.8 Å². The second-order valence-corrected chi connectivity index (χ2v) is 5.42. The first-order chi connectivity index (χ1) is 11.1. The van der Waals surface area contributed by atoms with E-state index in [-0.39, 0.29) is 24.1 Å². The molecule has 23 heavy (non-hydrogen) atoms. The van der Waals surface area contributed by atoms with E-state index in [4.69, 9.17) is 4.42 Å². The van der Waals surface area contributed by atoms with Crippen LogP contribution < -0.4 is 0 Å². The number of amides is 2. The topological polar surface area (TPSA) is 53.8 Å². The molecule has 1 fully saturated rings. The zero-order valence-electron chi connectivity index (χ0n) is 12.6. The molecule has 2 aromatic rings. The molecule has 0 N–H and O–H groups in total. The van der Waals surface area contributed by atoms with Crippen molar-refractivity contribution in [3.63, 3.8) is 0 Å². The molecule has 3 rings (SSSR count). The second-order valence-electron chi connectivity index (χ2n) is 5.42. The van der Waals surface area contributed by atoms with E-state index in [1.54, 1.807) is 40.1 Å². The monoisotopic (exact) mass is 316 g/mol. The molecule has 0 spiro atoms. The van der Waals surface area contributed by atoms with Crippen molar-refractivity contribution in [2.45, 2.75) is 6.42 Å². The maximum atomic E-state index is 13.6. The Hall–Kier alpha value is -2.63. The molecule has 1 aliphatic heterocycles. The molecule has 0 unspecified atom stereocenters. The lowest BCUT2D eigenvalue weighted by Crippen LogP contribution is -2.51. The summed E-state index contributed by atoms with van der Waals surface area (Å²) in [5.41, 5.74) is 0.395. The third-order valence-corrected chi connectivity index (χ3v) is 3.95. The zero-order chi connectivity index (χ0) is 16.2. The molecule has 120 valence electrons. The smallest absolute Gasteiger partial charge is 0.289 e. The quantitative estimate of drug-likeness (QED) is 0.869. The van der Waals surface area contributed by atoms with E-state index in [0.29, 0.717) is 37.5 Å². The molecule has 1 aromatic heterocycles. The highest BCUT2D eigenvalue weighted by Crippen LogP contribution is 2.12. The Morgan fingerprint density at radius 1 is 1.00 bits per heavy atom. The van der Waals surface area contributed by atoms with Gasteiger partial charge in [0.2, 0.25) is 5.91 Å². The SMILES string of the molecule is O=C(Cc1ccccc1F)N1CCN(C(=O)c2ccco2)CC1. The number of nitrogens with zero attached hydrogens (tertiary/aromatic N) is 2. The summed E-state index contributed by atoms with van der Waals surface area (Å²) < 4.78 is 18.7. The number of hydrogen-bond donors (Lipinski definition) is 0. The Morgan fingerprint density at radius 3 is 2.35 bits per heavy atom. The normalized spacial score (nSPS) is 14.8. The largest absolute Gasteiger partial charge is 0.459 e. The molecule has 1 saturated heterocycles. The molecule has 5 nitrogen and oxygen atoms in total. The summed E-state index contributed by atoms with van der Waals surface area (Å²) >= 11 is 0. The molecule has 2 heterocycles. The van der Waals surface area contributed by atoms with Crippen LogP contribution in [0.25, 0.3) is 0 Å². The van der Waals surface area contributed by atoms with Crippen LogP contribution in [0.2, 0.25) is 0 Å². The standard InChI is InChI=1S/C17H17FN2O3/c18-14-5-2-1-4-13(14)12-16(21)19-7-9-20(10-8-19)17(22)15-6-3-11-23-15/h1-6,11H,7-10,12H2. The fourth-order valence-corrected chi connectivity index (χ4v) is 2.63. The lowest BCUT2D eigenvalue weighted by Gasteiger charge is -2.34. The summed E-state index contributed by atoms with van der Waals surface area (Å²) in [6.45, 7) is 1.78. The first kappa shape index (κ1) is 15.3. The van der Waals surface area contributed by atoms with Gasteiger partial charge in [-0.1, -0.05) is 18.2 Å². The highest BCUT2D eigenvalue weighted by Gasteiger charge is 2.26. The number of rotatable bonds is 3. The third kappa shape index (κ3) is 3.41. The Labute approximate surface area is 133 Å². The molecule has 0 aliphatic carbocycles. The highest BCUT2D eigenvalue weighted by atomic mass is 19.1. The first-order valence-corrected chi connectivity index (χ1v) is 7.49. The number of benzene rings is 1. The Bertz CT molecular complexity index is 692. The van der Waals surface area contributed by atoms with Gasteiger partial charge >= 0.3 is 0 Å². The van der Waals surface area contributed by atoms with Crippen LogP contribution in [-0.2, 0) is 11.2 Å². The van der Waals surface area contributed by atoms with Crippen LogP contribution in [0.15, 0.2) is 47.1 Å². The van der Waals surface area contributed by atoms with E-state index in [9.17, 15) is 14.0 Å². The number of hydrogen-bond acceptors (Lipinski definition) is 3. The van der Waals surface area contributed by atoms with Gasteiger partial charge in [-0.2, -0.15) is 0 Å². The first-order valence-electron chi connectivity index (χ1n) is 7.49. The van der Waals surface area contributed by atoms with E-state index >= 15 is 0 Å². The fourth-order valence-electron chi connectivity index (χ4n) is 2.63. The predicted molar refractivity (Wildman–Crippen MR) is 81.3 cm³/mol. The molecule has 2 amide bonds. The summed E-state index contributed by atoms with van der Waals surface area (Å²) in [7, 11) is 0. The minimum Gasteiger partial charge on any atom is -0.459 e. The minimum atomic E-state index is -0.368. The molecule has 0 saturated carbocycles. The maximum Gasteiger partial charge on any atom is 0.289 e. The lowest BCUT2D eigenvalue weighted by molar-refractivity contribution is -0.132. The predicted octanol–water partition coefficient (Wildman–Crippen LogP) is 1.95. The molecular formula is C17H17FN2O3. The number of piperazine rings is 1. The minimum absolute atomic E-state index is 0.0405. The Morgan fingerprint density at radius 2 is 1.70 bits per heavy atom. The summed E-state index contributed by atoms with van der Waals surface area (Å²) in [6.07, 6.45) is 1.50. The van der Waals surface area contributed by atoms with Gasteiger partial charge in [-0.3, -0.25) is 9.59 Å². The van der Waals surface area contributed by atoms with Crippen LogP contribution >= 0.6 is 0 Å². The van der Waals surface area contributed by atoms with Crippen molar-refractivity contribution >= 4 is 11.8 Å². The number of carbonyl (C=O) groups excluding carboxylic acids is 2. The summed E-state index contributed by atoms with van der Waals surface area (Å²) in [5.74, 6) is -0.361. The molecule has 0 radical (unpaired) electrons. The van der Waals surface area contributed by atoms with Gasteiger partial charge < -0.3 is 14.2 Å². The molecule has 6 heteroatoms. The Kier molecular flexibility index (Phi) is 4.41. The molecule has 0 bridgehead atoms. The van der Waals surface area contributed by atoms with Gasteiger partial charge in [-0.15, -0.1) is 0 Å². The molecule has 1 aromatic carbocycles. The number of halogens is 1. The number of carbonyl (C=O) groups is 2. The zero-order valence-corrected chi connectivity index (χ0v) is 12.6. The average molecular weight is 316 g/mol. The van der Waals surface area contributed by atoms with Crippen molar-refractivity contribution in [3.8, 4) is 0 Å². The maximum absolute atomic E-state index is 13.6. The Balaban J connectivity index is 1.55. The van der Waals surface area contributed by atoms with Crippen LogP contribution in [0.1, 0.15) is 16.1 Å². The van der Waals surface area contributed by atoms with Gasteiger partial charge in [0.1, 0.15) is 5.82 Å². The van der Waals surface area contributed by atoms with Crippen LogP contribution in [-0.4, -0.2) is 47.8 Å². The van der Waals surface area contributed by atoms with Gasteiger partial charge in [0.15, 0.2) is 5.76 Å². The van der Waals surface area contributed by atoms with Crippen LogP contribution in [0, 0.1) is 5.82 Å². The molecule has 1 aliphatic rings. The van der Waals surface area contributed by atoms with Gasteiger partial charge in [0, 0.05) is 26.2 Å². The summed E-state index contributed by atoms with van der Waals surface area (Å²) in [6, 6.07) is 9.57. The van der Waals surface area contributed by atoms with Crippen molar-refractivity contribution in [2.75, 3.05) is 26.2 Å². The van der Waals surface area contributed by atoms with Crippen LogP contribution in [0.3, 0.4) is 0 Å². The average Bonchev–Trinajstić information content (AvgIpc) is 3.11. The summed E-state index contributed by atoms with van der Waals surface area (Å²) in [5, 5.41) is 0. The molecule has 0 atom stereocenters. The fraction of sp³-hybridized carbons (Fsp3) is 0.294. The van der Waals surface area contributed by atoms with E-state index in [1.165, 1.54) is 12.3 Å². The van der Waals surface area contributed by atoms with Crippen molar-refractivity contribution in [1.29, 1.82) is 0 Å². The van der Waals surface area contributed by atoms with Crippen molar-refractivity contribution in [1.82, 2.24) is 9.80 Å². The van der Waals surface area contributed by atoms with Gasteiger partial charge in [-0.05, 0) is 23.8 Å². The van der Waals surface area contributed by atoms with Gasteiger partial charge in [-0.25, -0.2) is 4.39 Å². The van der Waals surface area contributed by atoms with E-state index in [2.05, 4.69) is 0 Å². The van der Waals surface area contributed by atoms with Crippen molar-refractivity contribution < 1.29 is 18.4 Å².